The summed E-state index contributed by atoms with van der Waals surface area (Å²) in [4.78, 5) is 1.30. The molecule has 1 unspecified atom stereocenters. The third-order valence-corrected chi connectivity index (χ3v) is 4.35. The van der Waals surface area contributed by atoms with E-state index in [9.17, 15) is 0 Å². The summed E-state index contributed by atoms with van der Waals surface area (Å²) in [5, 5.41) is 7.77. The van der Waals surface area contributed by atoms with E-state index >= 15 is 0 Å². The predicted octanol–water partition coefficient (Wildman–Crippen LogP) is 3.33. The van der Waals surface area contributed by atoms with Gasteiger partial charge in [0.2, 0.25) is 0 Å². The van der Waals surface area contributed by atoms with Crippen LogP contribution in [-0.2, 0) is 6.54 Å². The number of aryl methyl sites for hydroxylation is 1. The van der Waals surface area contributed by atoms with Gasteiger partial charge in [-0.25, -0.2) is 0 Å². The molecule has 0 saturated carbocycles. The van der Waals surface area contributed by atoms with Gasteiger partial charge in [-0.3, -0.25) is 4.68 Å². The zero-order valence-corrected chi connectivity index (χ0v) is 13.9. The second-order valence-corrected chi connectivity index (χ2v) is 5.98. The number of aromatic nitrogens is 2. The SMILES string of the molecule is CCSc1ccc(C(NC)c2c(OC)cnn2CC)cc1. The van der Waals surface area contributed by atoms with Gasteiger partial charge < -0.3 is 10.1 Å². The van der Waals surface area contributed by atoms with E-state index in [1.807, 2.05) is 23.5 Å². The van der Waals surface area contributed by atoms with Crippen LogP contribution >= 0.6 is 11.8 Å². The maximum atomic E-state index is 5.47. The Bertz CT molecular complexity index is 544. The lowest BCUT2D eigenvalue weighted by atomic mass is 10.0. The third-order valence-electron chi connectivity index (χ3n) is 3.45. The first-order valence-corrected chi connectivity index (χ1v) is 8.23. The Morgan fingerprint density at radius 3 is 2.52 bits per heavy atom. The number of nitrogens with zero attached hydrogens (tertiary/aromatic N) is 2. The van der Waals surface area contributed by atoms with Crippen LogP contribution in [0.5, 0.6) is 5.75 Å². The van der Waals surface area contributed by atoms with Crippen molar-refractivity contribution in [3.05, 3.63) is 41.7 Å². The van der Waals surface area contributed by atoms with Crippen molar-refractivity contribution in [1.29, 1.82) is 0 Å². The summed E-state index contributed by atoms with van der Waals surface area (Å²) in [5.74, 6) is 1.91. The van der Waals surface area contributed by atoms with Crippen LogP contribution in [0.4, 0.5) is 0 Å². The van der Waals surface area contributed by atoms with E-state index in [1.165, 1.54) is 10.5 Å². The molecule has 0 fully saturated rings. The first-order valence-electron chi connectivity index (χ1n) is 7.24. The number of benzene rings is 1. The minimum atomic E-state index is 0.0723. The molecule has 0 radical (unpaired) electrons. The monoisotopic (exact) mass is 305 g/mol. The van der Waals surface area contributed by atoms with Gasteiger partial charge in [0.1, 0.15) is 5.69 Å². The second kappa shape index (κ2) is 7.52. The molecular weight excluding hydrogens is 282 g/mol. The Kier molecular flexibility index (Phi) is 5.70. The molecule has 0 aliphatic rings. The summed E-state index contributed by atoms with van der Waals surface area (Å²) in [7, 11) is 3.65. The first-order chi connectivity index (χ1) is 10.2. The molecule has 4 nitrogen and oxygen atoms in total. The van der Waals surface area contributed by atoms with Crippen molar-refractivity contribution in [2.75, 3.05) is 19.9 Å². The van der Waals surface area contributed by atoms with E-state index in [2.05, 4.69) is 48.5 Å². The smallest absolute Gasteiger partial charge is 0.161 e. The van der Waals surface area contributed by atoms with Gasteiger partial charge in [-0.05, 0) is 37.4 Å². The largest absolute Gasteiger partial charge is 0.493 e. The lowest BCUT2D eigenvalue weighted by Gasteiger charge is -2.19. The van der Waals surface area contributed by atoms with Gasteiger partial charge in [0.05, 0.1) is 19.3 Å². The molecule has 2 rings (SSSR count). The van der Waals surface area contributed by atoms with Crippen LogP contribution in [0.25, 0.3) is 0 Å². The summed E-state index contributed by atoms with van der Waals surface area (Å²) < 4.78 is 7.45. The molecule has 5 heteroatoms. The highest BCUT2D eigenvalue weighted by Crippen LogP contribution is 2.30. The third kappa shape index (κ3) is 3.41. The molecular formula is C16H23N3OS. The molecule has 0 aliphatic carbocycles. The van der Waals surface area contributed by atoms with Crippen molar-refractivity contribution in [3.63, 3.8) is 0 Å². The average molecular weight is 305 g/mol. The zero-order chi connectivity index (χ0) is 15.2. The molecule has 1 aromatic carbocycles. The number of hydrogen-bond donors (Lipinski definition) is 1. The molecule has 1 N–H and O–H groups in total. The fourth-order valence-corrected chi connectivity index (χ4v) is 3.12. The molecule has 1 aromatic heterocycles. The Morgan fingerprint density at radius 1 is 1.29 bits per heavy atom. The molecule has 0 bridgehead atoms. The minimum Gasteiger partial charge on any atom is -0.493 e. The highest BCUT2D eigenvalue weighted by molar-refractivity contribution is 7.99. The Balaban J connectivity index is 2.37. The summed E-state index contributed by atoms with van der Waals surface area (Å²) in [6.07, 6.45) is 1.78. The Morgan fingerprint density at radius 2 is 2.00 bits per heavy atom. The molecule has 1 heterocycles. The molecule has 0 spiro atoms. The molecule has 21 heavy (non-hydrogen) atoms. The number of nitrogens with one attached hydrogen (secondary N) is 1. The number of rotatable bonds is 7. The first kappa shape index (κ1) is 15.9. The second-order valence-electron chi connectivity index (χ2n) is 4.64. The van der Waals surface area contributed by atoms with Gasteiger partial charge >= 0.3 is 0 Å². The molecule has 1 atom stereocenters. The summed E-state index contributed by atoms with van der Waals surface area (Å²) >= 11 is 1.85. The van der Waals surface area contributed by atoms with Gasteiger partial charge in [0.25, 0.3) is 0 Å². The Hall–Kier alpha value is -1.46. The number of ether oxygens (including phenoxy) is 1. The standard InChI is InChI=1S/C16H23N3OS/c1-5-19-16(14(20-4)11-18-19)15(17-3)12-7-9-13(10-8-12)21-6-2/h7-11,15,17H,5-6H2,1-4H3. The lowest BCUT2D eigenvalue weighted by Crippen LogP contribution is -2.22. The van der Waals surface area contributed by atoms with Crippen molar-refractivity contribution >= 4 is 11.8 Å². The van der Waals surface area contributed by atoms with Crippen molar-refractivity contribution < 1.29 is 4.74 Å². The van der Waals surface area contributed by atoms with Crippen LogP contribution < -0.4 is 10.1 Å². The molecule has 0 aliphatic heterocycles. The van der Waals surface area contributed by atoms with Gasteiger partial charge in [-0.1, -0.05) is 19.1 Å². The normalized spacial score (nSPS) is 12.4. The van der Waals surface area contributed by atoms with Crippen LogP contribution in [-0.4, -0.2) is 29.7 Å². The van der Waals surface area contributed by atoms with Crippen molar-refractivity contribution in [1.82, 2.24) is 15.1 Å². The summed E-state index contributed by atoms with van der Waals surface area (Å²) in [6, 6.07) is 8.76. The zero-order valence-electron chi connectivity index (χ0n) is 13.1. The molecule has 0 saturated heterocycles. The molecule has 114 valence electrons. The van der Waals surface area contributed by atoms with Gasteiger partial charge in [0.15, 0.2) is 5.75 Å². The van der Waals surface area contributed by atoms with E-state index in [1.54, 1.807) is 13.3 Å². The maximum Gasteiger partial charge on any atom is 0.161 e. The molecule has 0 amide bonds. The summed E-state index contributed by atoms with van der Waals surface area (Å²) in [5.41, 5.74) is 2.28. The quantitative estimate of drug-likeness (QED) is 0.796. The lowest BCUT2D eigenvalue weighted by molar-refractivity contribution is 0.401. The van der Waals surface area contributed by atoms with Crippen molar-refractivity contribution in [3.8, 4) is 5.75 Å². The summed E-state index contributed by atoms with van der Waals surface area (Å²) in [6.45, 7) is 5.07. The highest BCUT2D eigenvalue weighted by Gasteiger charge is 2.21. The van der Waals surface area contributed by atoms with Gasteiger partial charge in [-0.15, -0.1) is 11.8 Å². The number of hydrogen-bond acceptors (Lipinski definition) is 4. The van der Waals surface area contributed by atoms with E-state index in [-0.39, 0.29) is 6.04 Å². The topological polar surface area (TPSA) is 39.1 Å². The van der Waals surface area contributed by atoms with E-state index in [0.29, 0.717) is 0 Å². The number of thioether (sulfide) groups is 1. The van der Waals surface area contributed by atoms with Gasteiger partial charge in [0, 0.05) is 11.4 Å². The number of methoxy groups -OCH3 is 1. The highest BCUT2D eigenvalue weighted by atomic mass is 32.2. The molecule has 2 aromatic rings. The van der Waals surface area contributed by atoms with Crippen LogP contribution in [0.2, 0.25) is 0 Å². The van der Waals surface area contributed by atoms with E-state index in [0.717, 1.165) is 23.7 Å². The van der Waals surface area contributed by atoms with Crippen molar-refractivity contribution in [2.24, 2.45) is 0 Å². The average Bonchev–Trinajstić information content (AvgIpc) is 2.93. The van der Waals surface area contributed by atoms with Gasteiger partial charge in [-0.2, -0.15) is 5.10 Å². The van der Waals surface area contributed by atoms with Crippen LogP contribution in [0.1, 0.15) is 31.1 Å². The minimum absolute atomic E-state index is 0.0723. The van der Waals surface area contributed by atoms with Crippen molar-refractivity contribution in [2.45, 2.75) is 31.3 Å². The van der Waals surface area contributed by atoms with E-state index < -0.39 is 0 Å². The predicted molar refractivity (Wildman–Crippen MR) is 88.2 cm³/mol. The fourth-order valence-electron chi connectivity index (χ4n) is 2.46. The fraction of sp³-hybridized carbons (Fsp3) is 0.438. The van der Waals surface area contributed by atoms with Crippen LogP contribution in [0.3, 0.4) is 0 Å². The van der Waals surface area contributed by atoms with Crippen LogP contribution in [0, 0.1) is 0 Å². The van der Waals surface area contributed by atoms with Crippen LogP contribution in [0.15, 0.2) is 35.4 Å². The maximum absolute atomic E-state index is 5.47. The van der Waals surface area contributed by atoms with E-state index in [4.69, 9.17) is 4.74 Å². The Labute approximate surface area is 130 Å².